The molecule has 0 unspecified atom stereocenters. The molecule has 0 aliphatic rings. The number of anilines is 6. The van der Waals surface area contributed by atoms with Crippen LogP contribution in [0.25, 0.3) is 76.8 Å². The monoisotopic (exact) mass is 962 g/mol. The lowest BCUT2D eigenvalue weighted by Crippen LogP contribution is -2.12. The van der Waals surface area contributed by atoms with E-state index in [0.717, 1.165) is 89.0 Å². The van der Waals surface area contributed by atoms with Crippen molar-refractivity contribution in [3.05, 3.63) is 265 Å². The van der Waals surface area contributed by atoms with Crippen LogP contribution in [0.2, 0.25) is 0 Å². The molecule has 8 heteroatoms. The molecule has 12 rings (SSSR count). The second kappa shape index (κ2) is 18.6. The van der Waals surface area contributed by atoms with Gasteiger partial charge in [-0.25, -0.2) is 17.6 Å². The van der Waals surface area contributed by atoms with Crippen LogP contribution in [0.4, 0.5) is 51.7 Å². The predicted molar refractivity (Wildman–Crippen MR) is 291 cm³/mol. The first kappa shape index (κ1) is 45.1. The first-order valence-electron chi connectivity index (χ1n) is 23.8. The zero-order chi connectivity index (χ0) is 50.5. The summed E-state index contributed by atoms with van der Waals surface area (Å²) in [5, 5.41) is 24.3. The van der Waals surface area contributed by atoms with Gasteiger partial charge in [-0.05, 0) is 163 Å². The third-order valence-electron chi connectivity index (χ3n) is 13.6. The predicted octanol–water partition coefficient (Wildman–Crippen LogP) is 18.5. The summed E-state index contributed by atoms with van der Waals surface area (Å²) in [5.41, 5.74) is 11.0. The molecule has 0 aliphatic carbocycles. The van der Waals surface area contributed by atoms with Gasteiger partial charge >= 0.3 is 0 Å². The van der Waals surface area contributed by atoms with Crippen LogP contribution in [-0.2, 0) is 0 Å². The summed E-state index contributed by atoms with van der Waals surface area (Å²) in [6, 6.07) is 73.9. The van der Waals surface area contributed by atoms with Crippen molar-refractivity contribution < 1.29 is 17.6 Å². The molecule has 12 aromatic carbocycles. The molecule has 0 heterocycles. The van der Waals surface area contributed by atoms with E-state index in [2.05, 4.69) is 24.3 Å². The average molecular weight is 963 g/mol. The minimum Gasteiger partial charge on any atom is -0.310 e. The van der Waals surface area contributed by atoms with Gasteiger partial charge in [0.25, 0.3) is 0 Å². The SMILES string of the molecule is N#Cc1ccc(-c2cc(-c3ccccc3)cc(N(c3cc(F)cc(F)c3)c3ccc4ccc5c(N(c6cc(F)cc(F)c6)c6cc(-c7ccccc7)cc(-c7ccc(C#N)cc7)c6)ccc6ccc3c4c65)c2)cc1. The average Bonchev–Trinajstić information content (AvgIpc) is 3.43. The minimum absolute atomic E-state index is 0.255. The van der Waals surface area contributed by atoms with Gasteiger partial charge in [0, 0.05) is 34.3 Å². The Morgan fingerprint density at radius 1 is 0.284 bits per heavy atom. The Hall–Kier alpha value is -10.0. The van der Waals surface area contributed by atoms with Crippen molar-refractivity contribution in [1.82, 2.24) is 0 Å². The minimum atomic E-state index is -0.744. The van der Waals surface area contributed by atoms with Gasteiger partial charge in [0.1, 0.15) is 23.3 Å². The largest absolute Gasteiger partial charge is 0.310 e. The van der Waals surface area contributed by atoms with Crippen molar-refractivity contribution in [3.63, 3.8) is 0 Å². The number of hydrogen-bond acceptors (Lipinski definition) is 4. The van der Waals surface area contributed by atoms with E-state index in [1.807, 2.05) is 168 Å². The van der Waals surface area contributed by atoms with Gasteiger partial charge in [-0.1, -0.05) is 121 Å². The van der Waals surface area contributed by atoms with E-state index >= 15 is 17.6 Å². The van der Waals surface area contributed by atoms with E-state index in [1.165, 1.54) is 24.3 Å². The van der Waals surface area contributed by atoms with Gasteiger partial charge in [0.15, 0.2) is 0 Å². The first-order valence-corrected chi connectivity index (χ1v) is 23.8. The number of hydrogen-bond donors (Lipinski definition) is 0. The standard InChI is InChI=1S/C66H38F4N4/c67-53-33-54(68)36-59(35-53)73(57-29-49(43-7-3-1-4-8-43)27-51(31-57)45-15-11-41(39-71)12-16-45)63-25-21-47-20-24-62-64(26-22-48-19-23-61(63)65(47)66(48)62)74(60-37-55(69)34-56(70)38-60)58-30-50(44-9-5-2-6-10-44)28-52(32-58)46-17-13-42(40-72)14-18-46/h1-38H. The third kappa shape index (κ3) is 8.37. The molecule has 0 aliphatic heterocycles. The normalized spacial score (nSPS) is 11.2. The molecular weight excluding hydrogens is 925 g/mol. The molecule has 0 spiro atoms. The Morgan fingerprint density at radius 2 is 0.595 bits per heavy atom. The van der Waals surface area contributed by atoms with E-state index in [0.29, 0.717) is 33.9 Å². The molecule has 0 N–H and O–H groups in total. The highest BCUT2D eigenvalue weighted by Gasteiger charge is 2.25. The lowest BCUT2D eigenvalue weighted by Gasteiger charge is -2.30. The van der Waals surface area contributed by atoms with Crippen molar-refractivity contribution in [1.29, 1.82) is 10.5 Å². The first-order chi connectivity index (χ1) is 36.2. The number of rotatable bonds is 10. The maximum atomic E-state index is 15.6. The molecule has 0 bridgehead atoms. The van der Waals surface area contributed by atoms with Crippen molar-refractivity contribution in [2.24, 2.45) is 0 Å². The Balaban J connectivity index is 1.11. The van der Waals surface area contributed by atoms with E-state index in [4.69, 9.17) is 0 Å². The lowest BCUT2D eigenvalue weighted by molar-refractivity contribution is 0.583. The van der Waals surface area contributed by atoms with E-state index in [9.17, 15) is 10.5 Å². The van der Waals surface area contributed by atoms with Gasteiger partial charge in [-0.15, -0.1) is 0 Å². The molecule has 0 saturated heterocycles. The molecule has 0 fully saturated rings. The van der Waals surface area contributed by atoms with Crippen LogP contribution < -0.4 is 9.80 Å². The summed E-state index contributed by atoms with van der Waals surface area (Å²) in [4.78, 5) is 3.75. The van der Waals surface area contributed by atoms with Crippen LogP contribution in [0.5, 0.6) is 0 Å². The topological polar surface area (TPSA) is 54.1 Å². The zero-order valence-corrected chi connectivity index (χ0v) is 39.2. The fourth-order valence-corrected chi connectivity index (χ4v) is 10.2. The quantitative estimate of drug-likeness (QED) is 0.101. The van der Waals surface area contributed by atoms with Crippen molar-refractivity contribution in [2.75, 3.05) is 9.80 Å². The van der Waals surface area contributed by atoms with Gasteiger partial charge in [-0.3, -0.25) is 0 Å². The van der Waals surface area contributed by atoms with Crippen molar-refractivity contribution in [2.45, 2.75) is 0 Å². The molecule has 4 nitrogen and oxygen atoms in total. The second-order valence-corrected chi connectivity index (χ2v) is 18.2. The van der Waals surface area contributed by atoms with Gasteiger partial charge in [0.05, 0.1) is 46.0 Å². The highest BCUT2D eigenvalue weighted by Crippen LogP contribution is 2.49. The fourth-order valence-electron chi connectivity index (χ4n) is 10.2. The summed E-state index contributed by atoms with van der Waals surface area (Å²) < 4.78 is 62.3. The van der Waals surface area contributed by atoms with Gasteiger partial charge < -0.3 is 9.80 Å². The lowest BCUT2D eigenvalue weighted by atomic mass is 9.91. The summed E-state index contributed by atoms with van der Waals surface area (Å²) in [7, 11) is 0. The third-order valence-corrected chi connectivity index (χ3v) is 13.6. The fraction of sp³-hybridized carbons (Fsp3) is 0. The van der Waals surface area contributed by atoms with E-state index < -0.39 is 23.3 Å². The zero-order valence-electron chi connectivity index (χ0n) is 39.2. The second-order valence-electron chi connectivity index (χ2n) is 18.2. The molecule has 0 aromatic heterocycles. The summed E-state index contributed by atoms with van der Waals surface area (Å²) in [6.07, 6.45) is 0. The van der Waals surface area contributed by atoms with Crippen molar-refractivity contribution >= 4 is 66.4 Å². The highest BCUT2D eigenvalue weighted by atomic mass is 19.1. The molecule has 0 amide bonds. The Morgan fingerprint density at radius 3 is 0.932 bits per heavy atom. The maximum Gasteiger partial charge on any atom is 0.128 e. The van der Waals surface area contributed by atoms with E-state index in [1.54, 1.807) is 24.3 Å². The molecular formula is C66H38F4N4. The number of nitriles is 2. The number of halogens is 4. The summed E-state index contributed by atoms with van der Waals surface area (Å²) in [6.45, 7) is 0. The van der Waals surface area contributed by atoms with Crippen LogP contribution in [0.15, 0.2) is 231 Å². The van der Waals surface area contributed by atoms with Crippen LogP contribution in [-0.4, -0.2) is 0 Å². The maximum absolute atomic E-state index is 15.6. The summed E-state index contributed by atoms with van der Waals surface area (Å²) in [5.74, 6) is -2.98. The van der Waals surface area contributed by atoms with Crippen LogP contribution in [0.3, 0.4) is 0 Å². The molecule has 0 saturated carbocycles. The van der Waals surface area contributed by atoms with Gasteiger partial charge in [0.2, 0.25) is 0 Å². The molecule has 0 atom stereocenters. The molecule has 12 aromatic rings. The van der Waals surface area contributed by atoms with Crippen LogP contribution in [0.1, 0.15) is 11.1 Å². The number of benzene rings is 12. The number of nitrogens with zero attached hydrogens (tertiary/aromatic N) is 4. The highest BCUT2D eigenvalue weighted by molar-refractivity contribution is 6.28. The van der Waals surface area contributed by atoms with Crippen LogP contribution in [0, 0.1) is 45.9 Å². The van der Waals surface area contributed by atoms with Crippen LogP contribution >= 0.6 is 0 Å². The summed E-state index contributed by atoms with van der Waals surface area (Å²) >= 11 is 0. The Bertz CT molecular complexity index is 3890. The Kier molecular flexibility index (Phi) is 11.4. The van der Waals surface area contributed by atoms with Gasteiger partial charge in [-0.2, -0.15) is 10.5 Å². The molecule has 350 valence electrons. The Labute approximate surface area is 424 Å². The molecule has 0 radical (unpaired) electrons. The van der Waals surface area contributed by atoms with E-state index in [-0.39, 0.29) is 11.4 Å². The molecule has 74 heavy (non-hydrogen) atoms. The smallest absolute Gasteiger partial charge is 0.128 e. The van der Waals surface area contributed by atoms with Crippen molar-refractivity contribution in [3.8, 4) is 56.6 Å².